The van der Waals surface area contributed by atoms with Crippen molar-refractivity contribution in [1.29, 1.82) is 0 Å². The number of amides is 1. The van der Waals surface area contributed by atoms with Gasteiger partial charge in [-0.15, -0.1) is 0 Å². The van der Waals surface area contributed by atoms with Crippen LogP contribution in [0.5, 0.6) is 0 Å². The number of rotatable bonds is 5. The molecule has 2 aliphatic rings. The van der Waals surface area contributed by atoms with Crippen molar-refractivity contribution >= 4 is 23.1 Å². The van der Waals surface area contributed by atoms with Crippen LogP contribution in [0.2, 0.25) is 0 Å². The van der Waals surface area contributed by atoms with E-state index in [1.807, 2.05) is 11.8 Å². The number of hydrogen-bond donors (Lipinski definition) is 1. The highest BCUT2D eigenvalue weighted by atomic mass is 32.1. The molecule has 2 N–H and O–H groups in total. The van der Waals surface area contributed by atoms with E-state index in [0.29, 0.717) is 23.4 Å². The molecule has 1 saturated heterocycles. The Bertz CT molecular complexity index is 342. The summed E-state index contributed by atoms with van der Waals surface area (Å²) < 4.78 is 5.53. The Morgan fingerprint density at radius 1 is 1.42 bits per heavy atom. The van der Waals surface area contributed by atoms with Gasteiger partial charge in [-0.2, -0.15) is 0 Å². The van der Waals surface area contributed by atoms with Crippen LogP contribution in [-0.4, -0.2) is 41.1 Å². The lowest BCUT2D eigenvalue weighted by Gasteiger charge is -2.39. The Hall–Kier alpha value is -0.680. The first-order chi connectivity index (χ1) is 9.11. The molecule has 108 valence electrons. The molecule has 1 heterocycles. The van der Waals surface area contributed by atoms with Crippen LogP contribution in [-0.2, 0) is 9.53 Å². The number of carbonyl (C=O) groups is 1. The molecular formula is C14H24N2O2S. The molecule has 0 bridgehead atoms. The number of piperidine rings is 1. The van der Waals surface area contributed by atoms with Crippen molar-refractivity contribution in [3.63, 3.8) is 0 Å². The standard InChI is InChI=1S/C14H24N2O2S/c1-2-18-11-7-10(8-11)9-13(17)16-6-4-3-5-12(16)14(15)19/h10-12H,2-9H2,1H3,(H2,15,19). The summed E-state index contributed by atoms with van der Waals surface area (Å²) in [7, 11) is 0. The summed E-state index contributed by atoms with van der Waals surface area (Å²) >= 11 is 5.08. The van der Waals surface area contributed by atoms with Crippen molar-refractivity contribution in [2.45, 2.75) is 57.6 Å². The van der Waals surface area contributed by atoms with E-state index in [1.165, 1.54) is 0 Å². The number of ether oxygens (including phenoxy) is 1. The Balaban J connectivity index is 1.80. The van der Waals surface area contributed by atoms with Crippen molar-refractivity contribution in [2.75, 3.05) is 13.2 Å². The molecule has 1 amide bonds. The third-order valence-electron chi connectivity index (χ3n) is 4.21. The largest absolute Gasteiger partial charge is 0.392 e. The van der Waals surface area contributed by atoms with Crippen LogP contribution >= 0.6 is 12.2 Å². The van der Waals surface area contributed by atoms with Crippen LogP contribution in [0.25, 0.3) is 0 Å². The molecule has 1 unspecified atom stereocenters. The topological polar surface area (TPSA) is 55.6 Å². The summed E-state index contributed by atoms with van der Waals surface area (Å²) in [5.41, 5.74) is 5.75. The minimum absolute atomic E-state index is 0.0148. The Morgan fingerprint density at radius 3 is 2.79 bits per heavy atom. The number of hydrogen-bond acceptors (Lipinski definition) is 3. The van der Waals surface area contributed by atoms with Crippen molar-refractivity contribution in [2.24, 2.45) is 11.7 Å². The second kappa shape index (κ2) is 6.66. The van der Waals surface area contributed by atoms with Crippen LogP contribution in [0.3, 0.4) is 0 Å². The summed E-state index contributed by atoms with van der Waals surface area (Å²) in [5.74, 6) is 0.704. The van der Waals surface area contributed by atoms with Crippen molar-refractivity contribution in [3.05, 3.63) is 0 Å². The van der Waals surface area contributed by atoms with E-state index >= 15 is 0 Å². The van der Waals surface area contributed by atoms with Crippen molar-refractivity contribution < 1.29 is 9.53 Å². The minimum Gasteiger partial charge on any atom is -0.392 e. The molecular weight excluding hydrogens is 260 g/mol. The smallest absolute Gasteiger partial charge is 0.223 e. The summed E-state index contributed by atoms with van der Waals surface area (Å²) in [6, 6.07) is -0.0148. The first kappa shape index (κ1) is 14.7. The van der Waals surface area contributed by atoms with E-state index in [4.69, 9.17) is 22.7 Å². The molecule has 0 aromatic carbocycles. The van der Waals surface area contributed by atoms with Crippen molar-refractivity contribution in [3.8, 4) is 0 Å². The van der Waals surface area contributed by atoms with Gasteiger partial charge in [-0.05, 0) is 44.9 Å². The maximum absolute atomic E-state index is 12.4. The molecule has 1 aliphatic carbocycles. The fourth-order valence-electron chi connectivity index (χ4n) is 3.10. The number of thiocarbonyl (C=S) groups is 1. The molecule has 19 heavy (non-hydrogen) atoms. The monoisotopic (exact) mass is 284 g/mol. The average Bonchev–Trinajstić information content (AvgIpc) is 2.36. The lowest BCUT2D eigenvalue weighted by atomic mass is 9.79. The summed E-state index contributed by atoms with van der Waals surface area (Å²) in [6.07, 6.45) is 6.14. The van der Waals surface area contributed by atoms with Gasteiger partial charge in [0.15, 0.2) is 0 Å². The molecule has 1 atom stereocenters. The second-order valence-electron chi connectivity index (χ2n) is 5.62. The van der Waals surface area contributed by atoms with E-state index in [2.05, 4.69) is 0 Å². The number of nitrogens with zero attached hydrogens (tertiary/aromatic N) is 1. The van der Waals surface area contributed by atoms with Crippen LogP contribution in [0.4, 0.5) is 0 Å². The minimum atomic E-state index is -0.0148. The van der Waals surface area contributed by atoms with Crippen LogP contribution in [0.15, 0.2) is 0 Å². The zero-order valence-corrected chi connectivity index (χ0v) is 12.5. The van der Waals surface area contributed by atoms with Crippen LogP contribution in [0.1, 0.15) is 45.4 Å². The SMILES string of the molecule is CCOC1CC(CC(=O)N2CCCCC2C(N)=S)C1. The van der Waals surface area contributed by atoms with Gasteiger partial charge in [0, 0.05) is 19.6 Å². The lowest BCUT2D eigenvalue weighted by Crippen LogP contribution is -2.50. The normalized spacial score (nSPS) is 30.8. The molecule has 4 nitrogen and oxygen atoms in total. The molecule has 1 saturated carbocycles. The average molecular weight is 284 g/mol. The molecule has 1 aliphatic heterocycles. The zero-order valence-electron chi connectivity index (χ0n) is 11.6. The highest BCUT2D eigenvalue weighted by molar-refractivity contribution is 7.80. The Kier molecular flexibility index (Phi) is 5.16. The van der Waals surface area contributed by atoms with Gasteiger partial charge in [0.1, 0.15) is 0 Å². The maximum Gasteiger partial charge on any atom is 0.223 e. The molecule has 0 aromatic rings. The van der Waals surface area contributed by atoms with Crippen LogP contribution in [0, 0.1) is 5.92 Å². The number of likely N-dealkylation sites (tertiary alicyclic amines) is 1. The van der Waals surface area contributed by atoms with E-state index in [1.54, 1.807) is 0 Å². The van der Waals surface area contributed by atoms with Gasteiger partial charge in [-0.1, -0.05) is 12.2 Å². The summed E-state index contributed by atoms with van der Waals surface area (Å²) in [6.45, 7) is 3.59. The highest BCUT2D eigenvalue weighted by Gasteiger charge is 2.35. The maximum atomic E-state index is 12.4. The van der Waals surface area contributed by atoms with Gasteiger partial charge < -0.3 is 15.4 Å². The van der Waals surface area contributed by atoms with Crippen LogP contribution < -0.4 is 5.73 Å². The molecule has 0 spiro atoms. The van der Waals surface area contributed by atoms with E-state index < -0.39 is 0 Å². The van der Waals surface area contributed by atoms with Gasteiger partial charge in [0.25, 0.3) is 0 Å². The predicted octanol–water partition coefficient (Wildman–Crippen LogP) is 1.86. The first-order valence-corrected chi connectivity index (χ1v) is 7.73. The van der Waals surface area contributed by atoms with Crippen molar-refractivity contribution in [1.82, 2.24) is 4.90 Å². The quantitative estimate of drug-likeness (QED) is 0.783. The zero-order chi connectivity index (χ0) is 13.8. The molecule has 2 rings (SSSR count). The Labute approximate surface area is 120 Å². The lowest BCUT2D eigenvalue weighted by molar-refractivity contribution is -0.136. The predicted molar refractivity (Wildman–Crippen MR) is 78.9 cm³/mol. The highest BCUT2D eigenvalue weighted by Crippen LogP contribution is 2.33. The van der Waals surface area contributed by atoms with Gasteiger partial charge in [-0.25, -0.2) is 0 Å². The number of carbonyl (C=O) groups excluding carboxylic acids is 1. The second-order valence-corrected chi connectivity index (χ2v) is 6.09. The fourth-order valence-corrected chi connectivity index (χ4v) is 3.35. The molecule has 2 fully saturated rings. The van der Waals surface area contributed by atoms with Gasteiger partial charge in [0.2, 0.25) is 5.91 Å². The Morgan fingerprint density at radius 2 is 2.16 bits per heavy atom. The van der Waals surface area contributed by atoms with Gasteiger partial charge in [-0.3, -0.25) is 4.79 Å². The fraction of sp³-hybridized carbons (Fsp3) is 0.857. The first-order valence-electron chi connectivity index (χ1n) is 7.32. The molecule has 0 radical (unpaired) electrons. The van der Waals surface area contributed by atoms with E-state index in [-0.39, 0.29) is 11.9 Å². The molecule has 5 heteroatoms. The number of nitrogens with two attached hydrogens (primary N) is 1. The van der Waals surface area contributed by atoms with Gasteiger partial charge in [0.05, 0.1) is 17.1 Å². The van der Waals surface area contributed by atoms with E-state index in [0.717, 1.165) is 45.3 Å². The third-order valence-corrected chi connectivity index (χ3v) is 4.48. The summed E-state index contributed by atoms with van der Waals surface area (Å²) in [5, 5.41) is 0. The van der Waals surface area contributed by atoms with Gasteiger partial charge >= 0.3 is 0 Å². The molecule has 0 aromatic heterocycles. The summed E-state index contributed by atoms with van der Waals surface area (Å²) in [4.78, 5) is 14.7. The van der Waals surface area contributed by atoms with E-state index in [9.17, 15) is 4.79 Å². The third kappa shape index (κ3) is 3.66.